The van der Waals surface area contributed by atoms with Gasteiger partial charge < -0.3 is 20.3 Å². The number of nitrogens with one attached hydrogen (secondary N) is 2. The average molecular weight is 381 g/mol. The van der Waals surface area contributed by atoms with Crippen molar-refractivity contribution in [1.82, 2.24) is 10.2 Å². The second-order valence-corrected chi connectivity index (χ2v) is 7.03. The second-order valence-electron chi connectivity index (χ2n) is 7.03. The Balaban J connectivity index is 1.43. The van der Waals surface area contributed by atoms with Crippen molar-refractivity contribution >= 4 is 17.6 Å². The van der Waals surface area contributed by atoms with Gasteiger partial charge in [-0.25, -0.2) is 4.79 Å². The first-order valence-corrected chi connectivity index (χ1v) is 9.61. The minimum atomic E-state index is -0.0842. The summed E-state index contributed by atoms with van der Waals surface area (Å²) < 4.78 is 5.14. The number of hydrogen-bond acceptors (Lipinski definition) is 3. The molecule has 2 aromatic carbocycles. The molecule has 6 nitrogen and oxygen atoms in total. The van der Waals surface area contributed by atoms with Crippen molar-refractivity contribution < 1.29 is 14.3 Å². The molecule has 2 aromatic rings. The Bertz CT molecular complexity index is 787. The molecular weight excluding hydrogens is 354 g/mol. The largest absolute Gasteiger partial charge is 0.380 e. The molecule has 1 saturated heterocycles. The van der Waals surface area contributed by atoms with Gasteiger partial charge in [0, 0.05) is 38.3 Å². The molecule has 3 rings (SSSR count). The number of amides is 3. The van der Waals surface area contributed by atoms with Gasteiger partial charge in [0.2, 0.25) is 5.91 Å². The lowest BCUT2D eigenvalue weighted by Crippen LogP contribution is -2.45. The number of likely N-dealkylation sites (tertiary alicyclic amines) is 1. The van der Waals surface area contributed by atoms with Crippen LogP contribution in [0.3, 0.4) is 0 Å². The maximum Gasteiger partial charge on any atom is 0.317 e. The minimum Gasteiger partial charge on any atom is -0.380 e. The van der Waals surface area contributed by atoms with E-state index in [-0.39, 0.29) is 17.9 Å². The number of ether oxygens (including phenoxy) is 1. The van der Waals surface area contributed by atoms with Crippen molar-refractivity contribution in [3.8, 4) is 0 Å². The van der Waals surface area contributed by atoms with Gasteiger partial charge in [0.25, 0.3) is 0 Å². The van der Waals surface area contributed by atoms with E-state index in [0.29, 0.717) is 39.1 Å². The standard InChI is InChI=1S/C22H27N3O3/c1-28-16-18-7-5-6-17(14-18)15-23-22(27)25-12-10-19(11-13-25)21(26)24-20-8-3-2-4-9-20/h2-9,14,19H,10-13,15-16H2,1H3,(H,23,27)(H,24,26). The number of rotatable bonds is 6. The molecular formula is C22H27N3O3. The highest BCUT2D eigenvalue weighted by atomic mass is 16.5. The number of methoxy groups -OCH3 is 1. The molecule has 0 atom stereocenters. The van der Waals surface area contributed by atoms with Crippen LogP contribution in [0, 0.1) is 5.92 Å². The molecule has 3 amide bonds. The zero-order chi connectivity index (χ0) is 19.8. The van der Waals surface area contributed by atoms with Gasteiger partial charge in [-0.05, 0) is 36.1 Å². The van der Waals surface area contributed by atoms with E-state index in [1.807, 2.05) is 54.6 Å². The molecule has 6 heteroatoms. The summed E-state index contributed by atoms with van der Waals surface area (Å²) in [4.78, 5) is 26.6. The fourth-order valence-electron chi connectivity index (χ4n) is 3.40. The number of nitrogens with zero attached hydrogens (tertiary/aromatic N) is 1. The number of anilines is 1. The number of urea groups is 1. The van der Waals surface area contributed by atoms with Crippen LogP contribution < -0.4 is 10.6 Å². The van der Waals surface area contributed by atoms with Crippen LogP contribution in [-0.2, 0) is 22.7 Å². The molecule has 0 spiro atoms. The van der Waals surface area contributed by atoms with E-state index >= 15 is 0 Å². The Morgan fingerprint density at radius 3 is 2.46 bits per heavy atom. The first-order valence-electron chi connectivity index (χ1n) is 9.61. The van der Waals surface area contributed by atoms with Gasteiger partial charge in [-0.1, -0.05) is 42.5 Å². The van der Waals surface area contributed by atoms with Crippen LogP contribution in [0.25, 0.3) is 0 Å². The molecule has 28 heavy (non-hydrogen) atoms. The van der Waals surface area contributed by atoms with E-state index in [2.05, 4.69) is 10.6 Å². The topological polar surface area (TPSA) is 70.7 Å². The highest BCUT2D eigenvalue weighted by Gasteiger charge is 2.27. The van der Waals surface area contributed by atoms with E-state index in [4.69, 9.17) is 4.74 Å². The number of carbonyl (C=O) groups excluding carboxylic acids is 2. The predicted octanol–water partition coefficient (Wildman–Crippen LogP) is 3.39. The summed E-state index contributed by atoms with van der Waals surface area (Å²) in [6.45, 7) is 2.20. The van der Waals surface area contributed by atoms with E-state index in [0.717, 1.165) is 16.8 Å². The maximum absolute atomic E-state index is 12.4. The summed E-state index contributed by atoms with van der Waals surface area (Å²) in [6.07, 6.45) is 1.35. The molecule has 1 aliphatic heterocycles. The highest BCUT2D eigenvalue weighted by Crippen LogP contribution is 2.19. The molecule has 0 radical (unpaired) electrons. The molecule has 1 heterocycles. The SMILES string of the molecule is COCc1cccc(CNC(=O)N2CCC(C(=O)Nc3ccccc3)CC2)c1. The molecule has 0 aliphatic carbocycles. The average Bonchev–Trinajstić information content (AvgIpc) is 2.73. The second kappa shape index (κ2) is 9.90. The number of carbonyl (C=O) groups is 2. The summed E-state index contributed by atoms with van der Waals surface area (Å²) in [5.74, 6) is -0.0313. The van der Waals surface area contributed by atoms with Crippen LogP contribution >= 0.6 is 0 Å². The van der Waals surface area contributed by atoms with Gasteiger partial charge in [-0.15, -0.1) is 0 Å². The van der Waals surface area contributed by atoms with Crippen LogP contribution in [0.2, 0.25) is 0 Å². The Hall–Kier alpha value is -2.86. The summed E-state index contributed by atoms with van der Waals surface area (Å²) >= 11 is 0. The van der Waals surface area contributed by atoms with Gasteiger partial charge in [-0.3, -0.25) is 4.79 Å². The quantitative estimate of drug-likeness (QED) is 0.806. The highest BCUT2D eigenvalue weighted by molar-refractivity contribution is 5.92. The van der Waals surface area contributed by atoms with Gasteiger partial charge in [0.05, 0.1) is 6.61 Å². The van der Waals surface area contributed by atoms with Crippen molar-refractivity contribution in [1.29, 1.82) is 0 Å². The van der Waals surface area contributed by atoms with Gasteiger partial charge >= 0.3 is 6.03 Å². The molecule has 0 saturated carbocycles. The lowest BCUT2D eigenvalue weighted by molar-refractivity contribution is -0.121. The first kappa shape index (κ1) is 19.9. The monoisotopic (exact) mass is 381 g/mol. The fraction of sp³-hybridized carbons (Fsp3) is 0.364. The van der Waals surface area contributed by atoms with Crippen molar-refractivity contribution in [3.05, 3.63) is 65.7 Å². The zero-order valence-electron chi connectivity index (χ0n) is 16.2. The zero-order valence-corrected chi connectivity index (χ0v) is 16.2. The van der Waals surface area contributed by atoms with Crippen LogP contribution in [0.5, 0.6) is 0 Å². The number of piperidine rings is 1. The van der Waals surface area contributed by atoms with Gasteiger partial charge in [0.1, 0.15) is 0 Å². The van der Waals surface area contributed by atoms with E-state index in [1.165, 1.54) is 0 Å². The van der Waals surface area contributed by atoms with Crippen LogP contribution in [-0.4, -0.2) is 37.0 Å². The van der Waals surface area contributed by atoms with Crippen molar-refractivity contribution in [3.63, 3.8) is 0 Å². The van der Waals surface area contributed by atoms with Crippen LogP contribution in [0.4, 0.5) is 10.5 Å². The van der Waals surface area contributed by atoms with Gasteiger partial charge in [0.15, 0.2) is 0 Å². The molecule has 2 N–H and O–H groups in total. The summed E-state index contributed by atoms with van der Waals surface area (Å²) in [5.41, 5.74) is 2.93. The number of hydrogen-bond donors (Lipinski definition) is 2. The lowest BCUT2D eigenvalue weighted by Gasteiger charge is -2.31. The lowest BCUT2D eigenvalue weighted by atomic mass is 9.96. The third-order valence-corrected chi connectivity index (χ3v) is 4.94. The van der Waals surface area contributed by atoms with Crippen LogP contribution in [0.15, 0.2) is 54.6 Å². The number of para-hydroxylation sites is 1. The van der Waals surface area contributed by atoms with Gasteiger partial charge in [-0.2, -0.15) is 0 Å². The molecule has 0 bridgehead atoms. The Morgan fingerprint density at radius 1 is 1.04 bits per heavy atom. The van der Waals surface area contributed by atoms with Crippen molar-refractivity contribution in [2.75, 3.05) is 25.5 Å². The molecule has 1 fully saturated rings. The predicted molar refractivity (Wildman–Crippen MR) is 109 cm³/mol. The van der Waals surface area contributed by atoms with E-state index in [9.17, 15) is 9.59 Å². The minimum absolute atomic E-state index is 0.0289. The molecule has 1 aliphatic rings. The smallest absolute Gasteiger partial charge is 0.317 e. The Labute approximate surface area is 165 Å². The van der Waals surface area contributed by atoms with Crippen molar-refractivity contribution in [2.45, 2.75) is 26.0 Å². The summed E-state index contributed by atoms with van der Waals surface area (Å²) in [5, 5.41) is 5.92. The summed E-state index contributed by atoms with van der Waals surface area (Å²) in [6, 6.07) is 17.4. The van der Waals surface area contributed by atoms with Crippen LogP contribution in [0.1, 0.15) is 24.0 Å². The summed E-state index contributed by atoms with van der Waals surface area (Å²) in [7, 11) is 1.66. The number of benzene rings is 2. The molecule has 0 unspecified atom stereocenters. The Morgan fingerprint density at radius 2 is 1.75 bits per heavy atom. The third kappa shape index (κ3) is 5.57. The van der Waals surface area contributed by atoms with E-state index in [1.54, 1.807) is 12.0 Å². The fourth-order valence-corrected chi connectivity index (χ4v) is 3.40. The Kier molecular flexibility index (Phi) is 7.03. The molecule has 148 valence electrons. The maximum atomic E-state index is 12.4. The van der Waals surface area contributed by atoms with Crippen molar-refractivity contribution in [2.24, 2.45) is 5.92 Å². The third-order valence-electron chi connectivity index (χ3n) is 4.94. The molecule has 0 aromatic heterocycles. The normalized spacial score (nSPS) is 14.5. The van der Waals surface area contributed by atoms with E-state index < -0.39 is 0 Å². The first-order chi connectivity index (χ1) is 13.7.